The molecular formula is C17H19NO5S. The predicted octanol–water partition coefficient (Wildman–Crippen LogP) is 2.25. The maximum Gasteiger partial charge on any atom is 0.241 e. The summed E-state index contributed by atoms with van der Waals surface area (Å²) in [6.45, 7) is 2.74. The van der Waals surface area contributed by atoms with E-state index in [4.69, 9.17) is 14.2 Å². The monoisotopic (exact) mass is 349 g/mol. The van der Waals surface area contributed by atoms with Crippen molar-refractivity contribution in [1.29, 1.82) is 0 Å². The summed E-state index contributed by atoms with van der Waals surface area (Å²) in [5.41, 5.74) is 1.37. The summed E-state index contributed by atoms with van der Waals surface area (Å²) in [5, 5.41) is 0. The first-order valence-corrected chi connectivity index (χ1v) is 9.01. The minimum Gasteiger partial charge on any atom is -0.496 e. The molecule has 24 heavy (non-hydrogen) atoms. The second-order valence-corrected chi connectivity index (χ2v) is 7.13. The Kier molecular flexibility index (Phi) is 4.64. The molecule has 0 radical (unpaired) electrons. The first-order valence-electron chi connectivity index (χ1n) is 7.53. The van der Waals surface area contributed by atoms with E-state index in [0.29, 0.717) is 36.0 Å². The highest BCUT2D eigenvalue weighted by atomic mass is 32.2. The van der Waals surface area contributed by atoms with Crippen LogP contribution in [-0.2, 0) is 16.6 Å². The second kappa shape index (κ2) is 6.70. The topological polar surface area (TPSA) is 73.9 Å². The number of methoxy groups -OCH3 is 1. The van der Waals surface area contributed by atoms with Gasteiger partial charge in [0.25, 0.3) is 0 Å². The number of hydrogen-bond acceptors (Lipinski definition) is 5. The van der Waals surface area contributed by atoms with Crippen molar-refractivity contribution in [3.63, 3.8) is 0 Å². The number of hydrogen-bond donors (Lipinski definition) is 1. The minimum atomic E-state index is -3.69. The Morgan fingerprint density at radius 2 is 1.79 bits per heavy atom. The lowest BCUT2D eigenvalue weighted by molar-refractivity contribution is 0.171. The zero-order valence-electron chi connectivity index (χ0n) is 13.5. The van der Waals surface area contributed by atoms with Crippen molar-refractivity contribution in [2.75, 3.05) is 20.3 Å². The molecule has 1 heterocycles. The van der Waals surface area contributed by atoms with Crippen LogP contribution in [0.25, 0.3) is 0 Å². The smallest absolute Gasteiger partial charge is 0.241 e. The van der Waals surface area contributed by atoms with Crippen molar-refractivity contribution < 1.29 is 22.6 Å². The molecule has 2 aromatic carbocycles. The molecule has 7 heteroatoms. The second-order valence-electron chi connectivity index (χ2n) is 5.40. The number of fused-ring (bicyclic) bond motifs is 1. The number of ether oxygens (including phenoxy) is 3. The summed E-state index contributed by atoms with van der Waals surface area (Å²) in [7, 11) is -2.13. The lowest BCUT2D eigenvalue weighted by Crippen LogP contribution is -2.25. The highest BCUT2D eigenvalue weighted by molar-refractivity contribution is 7.89. The molecular weight excluding hydrogens is 330 g/mol. The van der Waals surface area contributed by atoms with Gasteiger partial charge in [-0.1, -0.05) is 18.2 Å². The molecule has 0 amide bonds. The Balaban J connectivity index is 1.85. The third-order valence-electron chi connectivity index (χ3n) is 3.77. The molecule has 0 aromatic heterocycles. The van der Waals surface area contributed by atoms with Crippen molar-refractivity contribution in [2.45, 2.75) is 18.4 Å². The van der Waals surface area contributed by atoms with Gasteiger partial charge in [-0.2, -0.15) is 0 Å². The van der Waals surface area contributed by atoms with Gasteiger partial charge < -0.3 is 14.2 Å². The van der Waals surface area contributed by atoms with Crippen molar-refractivity contribution >= 4 is 10.0 Å². The molecule has 0 bridgehead atoms. The molecule has 0 atom stereocenters. The van der Waals surface area contributed by atoms with Crippen molar-refractivity contribution in [2.24, 2.45) is 0 Å². The Hall–Kier alpha value is -2.25. The van der Waals surface area contributed by atoms with Gasteiger partial charge in [0.05, 0.1) is 12.0 Å². The van der Waals surface area contributed by atoms with Crippen molar-refractivity contribution in [3.8, 4) is 17.2 Å². The molecule has 1 aliphatic heterocycles. The van der Waals surface area contributed by atoms with Crippen LogP contribution in [0.2, 0.25) is 0 Å². The maximum atomic E-state index is 12.7. The zero-order chi connectivity index (χ0) is 17.2. The summed E-state index contributed by atoms with van der Waals surface area (Å²) in [6.07, 6.45) is 0. The van der Waals surface area contributed by atoms with Crippen LogP contribution in [0.5, 0.6) is 17.2 Å². The van der Waals surface area contributed by atoms with Gasteiger partial charge in [0.1, 0.15) is 19.0 Å². The van der Waals surface area contributed by atoms with Crippen LogP contribution in [0.15, 0.2) is 41.3 Å². The molecule has 6 nitrogen and oxygen atoms in total. The summed E-state index contributed by atoms with van der Waals surface area (Å²) >= 11 is 0. The third-order valence-corrected chi connectivity index (χ3v) is 5.32. The van der Waals surface area contributed by atoms with Crippen LogP contribution in [-0.4, -0.2) is 28.7 Å². The van der Waals surface area contributed by atoms with Crippen LogP contribution in [0, 0.1) is 6.92 Å². The summed E-state index contributed by atoms with van der Waals surface area (Å²) in [4.78, 5) is 0.182. The molecule has 1 aliphatic rings. The van der Waals surface area contributed by atoms with E-state index < -0.39 is 10.0 Å². The van der Waals surface area contributed by atoms with Crippen molar-refractivity contribution in [3.05, 3.63) is 47.5 Å². The predicted molar refractivity (Wildman–Crippen MR) is 89.2 cm³/mol. The fourth-order valence-electron chi connectivity index (χ4n) is 2.56. The van der Waals surface area contributed by atoms with E-state index in [1.165, 1.54) is 6.07 Å². The van der Waals surface area contributed by atoms with E-state index in [2.05, 4.69) is 4.72 Å². The zero-order valence-corrected chi connectivity index (χ0v) is 14.4. The largest absolute Gasteiger partial charge is 0.496 e. The summed E-state index contributed by atoms with van der Waals surface area (Å²) in [5.74, 6) is 1.66. The number of rotatable bonds is 5. The Morgan fingerprint density at radius 1 is 1.12 bits per heavy atom. The third kappa shape index (κ3) is 3.32. The molecule has 1 N–H and O–H groups in total. The molecule has 0 saturated heterocycles. The number of aryl methyl sites for hydroxylation is 1. The lowest BCUT2D eigenvalue weighted by Gasteiger charge is -2.20. The van der Waals surface area contributed by atoms with E-state index in [1.54, 1.807) is 26.2 Å². The van der Waals surface area contributed by atoms with Gasteiger partial charge in [0.15, 0.2) is 11.5 Å². The summed E-state index contributed by atoms with van der Waals surface area (Å²) < 4.78 is 44.1. The Labute approximate surface area is 141 Å². The fraction of sp³-hybridized carbons (Fsp3) is 0.294. The fourth-order valence-corrected chi connectivity index (χ4v) is 3.81. The first kappa shape index (κ1) is 16.6. The lowest BCUT2D eigenvalue weighted by atomic mass is 10.2. The number of benzene rings is 2. The van der Waals surface area contributed by atoms with E-state index in [-0.39, 0.29) is 11.4 Å². The molecule has 0 spiro atoms. The van der Waals surface area contributed by atoms with E-state index in [9.17, 15) is 8.42 Å². The van der Waals surface area contributed by atoms with Crippen molar-refractivity contribution in [1.82, 2.24) is 4.72 Å². The van der Waals surface area contributed by atoms with Gasteiger partial charge >= 0.3 is 0 Å². The van der Waals surface area contributed by atoms with Crippen LogP contribution >= 0.6 is 0 Å². The normalized spacial score (nSPS) is 13.6. The average Bonchev–Trinajstić information content (AvgIpc) is 2.59. The highest BCUT2D eigenvalue weighted by Gasteiger charge is 2.22. The van der Waals surface area contributed by atoms with E-state index in [0.717, 1.165) is 5.56 Å². The van der Waals surface area contributed by atoms with Crippen LogP contribution in [0.4, 0.5) is 0 Å². The summed E-state index contributed by atoms with van der Waals surface area (Å²) in [6, 6.07) is 10.5. The van der Waals surface area contributed by atoms with Crippen LogP contribution < -0.4 is 18.9 Å². The number of sulfonamides is 1. The van der Waals surface area contributed by atoms with E-state index in [1.807, 2.05) is 18.2 Å². The molecule has 0 saturated carbocycles. The molecule has 128 valence electrons. The van der Waals surface area contributed by atoms with Gasteiger partial charge in [-0.25, -0.2) is 13.1 Å². The average molecular weight is 349 g/mol. The number of nitrogens with one attached hydrogen (secondary N) is 1. The van der Waals surface area contributed by atoms with Crippen LogP contribution in [0.3, 0.4) is 0 Å². The van der Waals surface area contributed by atoms with Gasteiger partial charge in [-0.3, -0.25) is 0 Å². The van der Waals surface area contributed by atoms with Crippen LogP contribution in [0.1, 0.15) is 11.1 Å². The molecule has 0 fully saturated rings. The maximum absolute atomic E-state index is 12.7. The minimum absolute atomic E-state index is 0.139. The molecule has 0 unspecified atom stereocenters. The first-order chi connectivity index (χ1) is 11.5. The quantitative estimate of drug-likeness (QED) is 0.896. The van der Waals surface area contributed by atoms with Gasteiger partial charge in [0, 0.05) is 18.2 Å². The molecule has 2 aromatic rings. The van der Waals surface area contributed by atoms with Gasteiger partial charge in [-0.15, -0.1) is 0 Å². The molecule has 0 aliphatic carbocycles. The SMILES string of the molecule is COc1ccccc1CNS(=O)(=O)c1cc2c(cc1C)OCCO2. The number of para-hydroxylation sites is 1. The van der Waals surface area contributed by atoms with E-state index >= 15 is 0 Å². The standard InChI is InChI=1S/C17H19NO5S/c1-12-9-15-16(23-8-7-22-15)10-17(12)24(19,20)18-11-13-5-3-4-6-14(13)21-2/h3-6,9-10,18H,7-8,11H2,1-2H3. The molecule has 3 rings (SSSR count). The highest BCUT2D eigenvalue weighted by Crippen LogP contribution is 2.34. The Morgan fingerprint density at radius 3 is 2.50 bits per heavy atom. The Bertz CT molecular complexity index is 848. The van der Waals surface area contributed by atoms with Gasteiger partial charge in [-0.05, 0) is 24.6 Å². The van der Waals surface area contributed by atoms with Gasteiger partial charge in [0.2, 0.25) is 10.0 Å².